The summed E-state index contributed by atoms with van der Waals surface area (Å²) in [6.45, 7) is 11.3. The predicted molar refractivity (Wildman–Crippen MR) is 125 cm³/mol. The maximum absolute atomic E-state index is 12.5. The molecule has 0 spiro atoms. The molecule has 0 saturated carbocycles. The van der Waals surface area contributed by atoms with Gasteiger partial charge in [0.2, 0.25) is 5.91 Å². The lowest BCUT2D eigenvalue weighted by Crippen LogP contribution is -2.37. The summed E-state index contributed by atoms with van der Waals surface area (Å²) < 4.78 is 7.25. The van der Waals surface area contributed by atoms with Crippen LogP contribution in [0.25, 0.3) is 16.7 Å². The van der Waals surface area contributed by atoms with Crippen molar-refractivity contribution in [3.63, 3.8) is 0 Å². The molecule has 1 aliphatic heterocycles. The molecule has 4 rings (SSSR count). The first-order chi connectivity index (χ1) is 15.4. The van der Waals surface area contributed by atoms with Crippen molar-refractivity contribution in [3.8, 4) is 5.69 Å². The quantitative estimate of drug-likeness (QED) is 0.611. The number of methoxy groups -OCH3 is 1. The van der Waals surface area contributed by atoms with Gasteiger partial charge in [-0.2, -0.15) is 5.10 Å². The minimum Gasteiger partial charge on any atom is -0.377 e. The zero-order chi connectivity index (χ0) is 22.8. The second-order valence-electron chi connectivity index (χ2n) is 8.75. The number of benzene rings is 1. The number of aryl methyl sites for hydroxylation is 2. The number of hydrogen-bond donors (Lipinski definition) is 0. The molecule has 0 aliphatic carbocycles. The van der Waals surface area contributed by atoms with Crippen LogP contribution in [0.2, 0.25) is 0 Å². The lowest BCUT2D eigenvalue weighted by atomic mass is 10.2. The first-order valence-electron chi connectivity index (χ1n) is 11.2. The normalized spacial score (nSPS) is 14.9. The molecule has 1 saturated heterocycles. The van der Waals surface area contributed by atoms with Crippen LogP contribution in [0.4, 0.5) is 5.82 Å². The highest BCUT2D eigenvalue weighted by Gasteiger charge is 2.25. The van der Waals surface area contributed by atoms with Crippen LogP contribution in [0.15, 0.2) is 24.3 Å². The van der Waals surface area contributed by atoms with E-state index in [-0.39, 0.29) is 11.8 Å². The van der Waals surface area contributed by atoms with E-state index in [0.29, 0.717) is 19.0 Å². The van der Waals surface area contributed by atoms with Gasteiger partial charge in [0.1, 0.15) is 12.4 Å². The number of anilines is 1. The van der Waals surface area contributed by atoms with Gasteiger partial charge in [0.25, 0.3) is 0 Å². The fourth-order valence-corrected chi connectivity index (χ4v) is 4.21. The van der Waals surface area contributed by atoms with Crippen molar-refractivity contribution < 1.29 is 9.53 Å². The molecule has 3 heterocycles. The Morgan fingerprint density at radius 2 is 1.81 bits per heavy atom. The highest BCUT2D eigenvalue weighted by molar-refractivity contribution is 5.91. The third-order valence-electron chi connectivity index (χ3n) is 5.88. The van der Waals surface area contributed by atoms with Gasteiger partial charge >= 0.3 is 0 Å². The van der Waals surface area contributed by atoms with Crippen molar-refractivity contribution in [1.82, 2.24) is 24.6 Å². The van der Waals surface area contributed by atoms with Crippen molar-refractivity contribution in [2.45, 2.75) is 40.7 Å². The summed E-state index contributed by atoms with van der Waals surface area (Å²) in [5.41, 5.74) is 3.83. The van der Waals surface area contributed by atoms with Gasteiger partial charge in [0, 0.05) is 39.2 Å². The van der Waals surface area contributed by atoms with Crippen molar-refractivity contribution in [3.05, 3.63) is 41.3 Å². The third kappa shape index (κ3) is 4.32. The zero-order valence-electron chi connectivity index (χ0n) is 19.6. The molecular weight excluding hydrogens is 404 g/mol. The number of fused-ring (bicyclic) bond motifs is 1. The molecule has 0 N–H and O–H groups in total. The molecular formula is C24H32N6O2. The second kappa shape index (κ2) is 9.24. The monoisotopic (exact) mass is 436 g/mol. The van der Waals surface area contributed by atoms with Gasteiger partial charge in [-0.25, -0.2) is 14.6 Å². The van der Waals surface area contributed by atoms with Gasteiger partial charge in [-0.1, -0.05) is 31.5 Å². The molecule has 1 fully saturated rings. The van der Waals surface area contributed by atoms with Crippen LogP contribution < -0.4 is 4.90 Å². The summed E-state index contributed by atoms with van der Waals surface area (Å²) in [7, 11) is 1.65. The molecule has 3 aromatic rings. The summed E-state index contributed by atoms with van der Waals surface area (Å²) >= 11 is 0. The van der Waals surface area contributed by atoms with Crippen LogP contribution >= 0.6 is 0 Å². The summed E-state index contributed by atoms with van der Waals surface area (Å²) in [5, 5.41) is 5.77. The maximum atomic E-state index is 12.5. The summed E-state index contributed by atoms with van der Waals surface area (Å²) in [5.74, 6) is 1.72. The predicted octanol–water partition coefficient (Wildman–Crippen LogP) is 3.27. The standard InChI is InChI=1S/C24H32N6O2/c1-16(2)24(31)29-12-6-11-28(13-14-29)22-21-18(4)27-30(19-9-7-17(3)8-10-19)23(21)26-20(25-22)15-32-5/h7-10,16H,6,11-15H2,1-5H3. The first kappa shape index (κ1) is 22.2. The SMILES string of the molecule is COCc1nc(N2CCCN(C(=O)C(C)C)CC2)c2c(C)nn(-c3ccc(C)cc3)c2n1. The third-order valence-corrected chi connectivity index (χ3v) is 5.88. The molecule has 1 amide bonds. The molecule has 2 aromatic heterocycles. The number of ether oxygens (including phenoxy) is 1. The minimum absolute atomic E-state index is 0.00981. The van der Waals surface area contributed by atoms with Gasteiger partial charge in [-0.15, -0.1) is 0 Å². The van der Waals surface area contributed by atoms with E-state index < -0.39 is 0 Å². The molecule has 0 radical (unpaired) electrons. The number of rotatable bonds is 5. The Labute approximate surface area is 189 Å². The van der Waals surface area contributed by atoms with Crippen LogP contribution in [0.3, 0.4) is 0 Å². The van der Waals surface area contributed by atoms with Gasteiger partial charge in [0.15, 0.2) is 11.5 Å². The van der Waals surface area contributed by atoms with E-state index in [4.69, 9.17) is 19.8 Å². The average Bonchev–Trinajstić information content (AvgIpc) is 2.95. The minimum atomic E-state index is 0.00981. The largest absolute Gasteiger partial charge is 0.377 e. The Balaban J connectivity index is 1.77. The van der Waals surface area contributed by atoms with Crippen LogP contribution in [0.1, 0.15) is 37.4 Å². The highest BCUT2D eigenvalue weighted by atomic mass is 16.5. The van der Waals surface area contributed by atoms with E-state index in [1.165, 1.54) is 5.56 Å². The van der Waals surface area contributed by atoms with E-state index in [9.17, 15) is 4.79 Å². The Hall–Kier alpha value is -3.00. The fraction of sp³-hybridized carbons (Fsp3) is 0.500. The van der Waals surface area contributed by atoms with Gasteiger partial charge < -0.3 is 14.5 Å². The molecule has 0 atom stereocenters. The van der Waals surface area contributed by atoms with Crippen LogP contribution in [0, 0.1) is 19.8 Å². The number of nitrogens with zero attached hydrogens (tertiary/aromatic N) is 6. The number of amides is 1. The van der Waals surface area contributed by atoms with Crippen LogP contribution in [-0.4, -0.2) is 63.8 Å². The summed E-state index contributed by atoms with van der Waals surface area (Å²) in [4.78, 5) is 26.5. The average molecular weight is 437 g/mol. The first-order valence-corrected chi connectivity index (χ1v) is 11.2. The maximum Gasteiger partial charge on any atom is 0.225 e. The molecule has 0 unspecified atom stereocenters. The molecule has 8 heteroatoms. The topological polar surface area (TPSA) is 76.4 Å². The Morgan fingerprint density at radius 1 is 1.06 bits per heavy atom. The van der Waals surface area contributed by atoms with E-state index in [1.807, 2.05) is 30.4 Å². The number of aromatic nitrogens is 4. The number of carbonyl (C=O) groups excluding carboxylic acids is 1. The van der Waals surface area contributed by atoms with E-state index in [0.717, 1.165) is 54.3 Å². The second-order valence-corrected chi connectivity index (χ2v) is 8.75. The number of carbonyl (C=O) groups is 1. The molecule has 8 nitrogen and oxygen atoms in total. The van der Waals surface area contributed by atoms with E-state index in [2.05, 4.69) is 36.1 Å². The molecule has 170 valence electrons. The Bertz CT molecular complexity index is 1110. The molecule has 1 aliphatic rings. The lowest BCUT2D eigenvalue weighted by Gasteiger charge is -2.24. The summed E-state index contributed by atoms with van der Waals surface area (Å²) in [6, 6.07) is 8.26. The highest BCUT2D eigenvalue weighted by Crippen LogP contribution is 2.30. The smallest absolute Gasteiger partial charge is 0.225 e. The van der Waals surface area contributed by atoms with Crippen molar-refractivity contribution in [1.29, 1.82) is 0 Å². The molecule has 1 aromatic carbocycles. The van der Waals surface area contributed by atoms with Gasteiger partial charge in [-0.3, -0.25) is 4.79 Å². The molecule has 0 bridgehead atoms. The van der Waals surface area contributed by atoms with Gasteiger partial charge in [-0.05, 0) is 32.4 Å². The van der Waals surface area contributed by atoms with E-state index in [1.54, 1.807) is 7.11 Å². The Morgan fingerprint density at radius 3 is 2.50 bits per heavy atom. The Kier molecular flexibility index (Phi) is 6.41. The molecule has 32 heavy (non-hydrogen) atoms. The zero-order valence-corrected chi connectivity index (χ0v) is 19.6. The van der Waals surface area contributed by atoms with Crippen molar-refractivity contribution in [2.75, 3.05) is 38.2 Å². The van der Waals surface area contributed by atoms with Crippen molar-refractivity contribution >= 4 is 22.8 Å². The lowest BCUT2D eigenvalue weighted by molar-refractivity contribution is -0.134. The van der Waals surface area contributed by atoms with Crippen LogP contribution in [-0.2, 0) is 16.1 Å². The van der Waals surface area contributed by atoms with E-state index >= 15 is 0 Å². The number of hydrogen-bond acceptors (Lipinski definition) is 6. The van der Waals surface area contributed by atoms with Crippen molar-refractivity contribution in [2.24, 2.45) is 5.92 Å². The van der Waals surface area contributed by atoms with Gasteiger partial charge in [0.05, 0.1) is 16.8 Å². The summed E-state index contributed by atoms with van der Waals surface area (Å²) in [6.07, 6.45) is 0.898. The van der Waals surface area contributed by atoms with Crippen LogP contribution in [0.5, 0.6) is 0 Å². The fourth-order valence-electron chi connectivity index (χ4n) is 4.21.